The fourth-order valence-corrected chi connectivity index (χ4v) is 3.06. The molecule has 0 spiro atoms. The Hall–Kier alpha value is -2.17. The molecule has 3 aromatic rings. The van der Waals surface area contributed by atoms with E-state index in [1.54, 1.807) is 35.6 Å². The van der Waals surface area contributed by atoms with E-state index < -0.39 is 0 Å². The molecule has 0 amide bonds. The normalized spacial score (nSPS) is 10.7. The van der Waals surface area contributed by atoms with Gasteiger partial charge in [0.05, 0.1) is 12.2 Å². The first kappa shape index (κ1) is 13.8. The third-order valence-corrected chi connectivity index (χ3v) is 4.30. The Bertz CT molecular complexity index is 759. The highest BCUT2D eigenvalue weighted by atomic mass is 32.1. The van der Waals surface area contributed by atoms with Crippen LogP contribution in [-0.4, -0.2) is 11.1 Å². The second-order valence-corrected chi connectivity index (χ2v) is 5.60. The van der Waals surface area contributed by atoms with E-state index in [1.165, 1.54) is 4.70 Å². The monoisotopic (exact) mass is 298 g/mol. The van der Waals surface area contributed by atoms with Crippen LogP contribution in [0.3, 0.4) is 0 Å². The number of ether oxygens (including phenoxy) is 1. The topological polar surface area (TPSA) is 46.5 Å². The number of aliphatic hydroxyl groups excluding tert-OH is 1. The Kier molecular flexibility index (Phi) is 3.99. The van der Waals surface area contributed by atoms with Crippen LogP contribution in [0.4, 0.5) is 0 Å². The summed E-state index contributed by atoms with van der Waals surface area (Å²) < 4.78 is 6.55. The van der Waals surface area contributed by atoms with Crippen molar-refractivity contribution in [3.63, 3.8) is 0 Å². The number of fused-ring (bicyclic) bond motifs is 1. The molecule has 21 heavy (non-hydrogen) atoms. The van der Waals surface area contributed by atoms with Gasteiger partial charge in [-0.1, -0.05) is 30.3 Å². The minimum atomic E-state index is -0.352. The lowest BCUT2D eigenvalue weighted by Gasteiger charge is -2.05. The Morgan fingerprint density at radius 2 is 1.86 bits per heavy atom. The van der Waals surface area contributed by atoms with Gasteiger partial charge < -0.3 is 9.84 Å². The maximum atomic E-state index is 12.0. The number of hydrogen-bond acceptors (Lipinski definition) is 4. The van der Waals surface area contributed by atoms with Gasteiger partial charge in [-0.05, 0) is 34.5 Å². The van der Waals surface area contributed by atoms with Crippen molar-refractivity contribution in [2.45, 2.75) is 13.2 Å². The molecule has 0 fully saturated rings. The molecule has 4 heteroatoms. The molecule has 0 unspecified atom stereocenters. The molecule has 0 saturated carbocycles. The number of benzene rings is 2. The van der Waals surface area contributed by atoms with Crippen LogP contribution in [0.15, 0.2) is 53.9 Å². The maximum Gasteiger partial charge on any atom is 0.338 e. The second kappa shape index (κ2) is 6.08. The summed E-state index contributed by atoms with van der Waals surface area (Å²) in [5.41, 5.74) is 2.29. The molecule has 0 aliphatic rings. The van der Waals surface area contributed by atoms with Gasteiger partial charge in [-0.15, -0.1) is 11.3 Å². The lowest BCUT2D eigenvalue weighted by atomic mass is 10.1. The number of esters is 1. The smallest absolute Gasteiger partial charge is 0.338 e. The standard InChI is InChI=1S/C17H14O3S/c18-9-12-5-7-13(8-6-12)17(19)20-10-14-11-21-16-4-2-1-3-15(14)16/h1-8,11,18H,9-10H2. The summed E-state index contributed by atoms with van der Waals surface area (Å²) in [6.07, 6.45) is 0. The van der Waals surface area contributed by atoms with Gasteiger partial charge >= 0.3 is 5.97 Å². The zero-order valence-corrected chi connectivity index (χ0v) is 12.1. The first-order valence-electron chi connectivity index (χ1n) is 6.60. The summed E-state index contributed by atoms with van der Waals surface area (Å²) in [6, 6.07) is 14.8. The summed E-state index contributed by atoms with van der Waals surface area (Å²) in [7, 11) is 0. The molecule has 1 heterocycles. The number of carbonyl (C=O) groups excluding carboxylic acids is 1. The van der Waals surface area contributed by atoms with Crippen LogP contribution in [0.25, 0.3) is 10.1 Å². The predicted molar refractivity (Wildman–Crippen MR) is 83.3 cm³/mol. The molecular weight excluding hydrogens is 284 g/mol. The first-order valence-corrected chi connectivity index (χ1v) is 7.48. The minimum absolute atomic E-state index is 0.0315. The van der Waals surface area contributed by atoms with E-state index in [0.29, 0.717) is 5.56 Å². The highest BCUT2D eigenvalue weighted by molar-refractivity contribution is 7.17. The molecule has 0 aliphatic carbocycles. The maximum absolute atomic E-state index is 12.0. The Balaban J connectivity index is 1.70. The first-order chi connectivity index (χ1) is 10.3. The number of hydrogen-bond donors (Lipinski definition) is 1. The number of carbonyl (C=O) groups is 1. The molecule has 0 aliphatic heterocycles. The van der Waals surface area contributed by atoms with Crippen molar-refractivity contribution < 1.29 is 14.6 Å². The molecule has 2 aromatic carbocycles. The average Bonchev–Trinajstić information content (AvgIpc) is 2.96. The van der Waals surface area contributed by atoms with Crippen LogP contribution in [-0.2, 0) is 18.0 Å². The van der Waals surface area contributed by atoms with Gasteiger partial charge in [-0.25, -0.2) is 4.79 Å². The molecule has 0 bridgehead atoms. The van der Waals surface area contributed by atoms with E-state index in [2.05, 4.69) is 6.07 Å². The van der Waals surface area contributed by atoms with Gasteiger partial charge in [0.2, 0.25) is 0 Å². The average molecular weight is 298 g/mol. The van der Waals surface area contributed by atoms with Crippen LogP contribution in [0.5, 0.6) is 0 Å². The van der Waals surface area contributed by atoms with Crippen molar-refractivity contribution >= 4 is 27.4 Å². The predicted octanol–water partition coefficient (Wildman–Crippen LogP) is 3.75. The van der Waals surface area contributed by atoms with Gasteiger partial charge in [0.1, 0.15) is 6.61 Å². The molecule has 0 radical (unpaired) electrons. The van der Waals surface area contributed by atoms with Crippen molar-refractivity contribution in [1.29, 1.82) is 0 Å². The van der Waals surface area contributed by atoms with E-state index in [4.69, 9.17) is 9.84 Å². The molecular formula is C17H14O3S. The Morgan fingerprint density at radius 1 is 1.10 bits per heavy atom. The SMILES string of the molecule is O=C(OCc1csc2ccccc12)c1ccc(CO)cc1. The van der Waals surface area contributed by atoms with Crippen LogP contribution in [0.1, 0.15) is 21.5 Å². The lowest BCUT2D eigenvalue weighted by Crippen LogP contribution is -2.05. The quantitative estimate of drug-likeness (QED) is 0.746. The summed E-state index contributed by atoms with van der Waals surface area (Å²) in [5.74, 6) is -0.352. The van der Waals surface area contributed by atoms with E-state index in [0.717, 1.165) is 16.5 Å². The van der Waals surface area contributed by atoms with Crippen molar-refractivity contribution in [1.82, 2.24) is 0 Å². The zero-order chi connectivity index (χ0) is 14.7. The van der Waals surface area contributed by atoms with Crippen LogP contribution in [0.2, 0.25) is 0 Å². The molecule has 106 valence electrons. The Morgan fingerprint density at radius 3 is 2.62 bits per heavy atom. The highest BCUT2D eigenvalue weighted by Crippen LogP contribution is 2.26. The van der Waals surface area contributed by atoms with Gasteiger partial charge in [0.25, 0.3) is 0 Å². The van der Waals surface area contributed by atoms with Crippen molar-refractivity contribution in [2.75, 3.05) is 0 Å². The number of thiophene rings is 1. The molecule has 1 aromatic heterocycles. The van der Waals surface area contributed by atoms with Crippen molar-refractivity contribution in [3.05, 3.63) is 70.6 Å². The molecule has 3 rings (SSSR count). The largest absolute Gasteiger partial charge is 0.457 e. The van der Waals surface area contributed by atoms with Crippen LogP contribution >= 0.6 is 11.3 Å². The van der Waals surface area contributed by atoms with Gasteiger partial charge in [-0.3, -0.25) is 0 Å². The van der Waals surface area contributed by atoms with E-state index in [-0.39, 0.29) is 19.2 Å². The van der Waals surface area contributed by atoms with Gasteiger partial charge in [0, 0.05) is 10.3 Å². The van der Waals surface area contributed by atoms with Crippen LogP contribution in [0, 0.1) is 0 Å². The second-order valence-electron chi connectivity index (χ2n) is 4.69. The summed E-state index contributed by atoms with van der Waals surface area (Å²) in [4.78, 5) is 12.0. The fourth-order valence-electron chi connectivity index (χ4n) is 2.12. The highest BCUT2D eigenvalue weighted by Gasteiger charge is 2.09. The molecule has 0 saturated heterocycles. The summed E-state index contributed by atoms with van der Waals surface area (Å²) >= 11 is 1.65. The number of aliphatic hydroxyl groups is 1. The van der Waals surface area contributed by atoms with Crippen molar-refractivity contribution in [2.24, 2.45) is 0 Å². The summed E-state index contributed by atoms with van der Waals surface area (Å²) in [6.45, 7) is 0.237. The third kappa shape index (κ3) is 2.96. The molecule has 3 nitrogen and oxygen atoms in total. The van der Waals surface area contributed by atoms with E-state index in [9.17, 15) is 4.79 Å². The van der Waals surface area contributed by atoms with Gasteiger partial charge in [0.15, 0.2) is 0 Å². The van der Waals surface area contributed by atoms with E-state index >= 15 is 0 Å². The summed E-state index contributed by atoms with van der Waals surface area (Å²) in [5, 5.41) is 12.1. The minimum Gasteiger partial charge on any atom is -0.457 e. The van der Waals surface area contributed by atoms with E-state index in [1.807, 2.05) is 23.6 Å². The fraction of sp³-hybridized carbons (Fsp3) is 0.118. The molecule has 0 atom stereocenters. The Labute approximate surface area is 126 Å². The molecule has 1 N–H and O–H groups in total. The van der Waals surface area contributed by atoms with Crippen LogP contribution < -0.4 is 0 Å². The van der Waals surface area contributed by atoms with Crippen molar-refractivity contribution in [3.8, 4) is 0 Å². The van der Waals surface area contributed by atoms with Gasteiger partial charge in [-0.2, -0.15) is 0 Å². The third-order valence-electron chi connectivity index (χ3n) is 3.29. The lowest BCUT2D eigenvalue weighted by molar-refractivity contribution is 0.0474. The number of rotatable bonds is 4. The zero-order valence-electron chi connectivity index (χ0n) is 11.3.